The molecule has 21 heavy (non-hydrogen) atoms. The first-order valence-corrected chi connectivity index (χ1v) is 7.16. The Morgan fingerprint density at radius 2 is 2.14 bits per heavy atom. The van der Waals surface area contributed by atoms with Crippen LogP contribution >= 0.6 is 0 Å². The molecule has 0 spiro atoms. The fraction of sp³-hybridized carbons (Fsp3) is 0.438. The normalized spacial score (nSPS) is 14.7. The number of ether oxygens (including phenoxy) is 2. The first-order valence-electron chi connectivity index (χ1n) is 7.16. The lowest BCUT2D eigenvalue weighted by Crippen LogP contribution is -2.40. The van der Waals surface area contributed by atoms with Gasteiger partial charge in [0.25, 0.3) is 0 Å². The molecule has 0 saturated heterocycles. The Morgan fingerprint density at radius 3 is 2.86 bits per heavy atom. The van der Waals surface area contributed by atoms with Gasteiger partial charge in [0.2, 0.25) is 12.7 Å². The van der Waals surface area contributed by atoms with Crippen molar-refractivity contribution in [1.82, 2.24) is 5.32 Å². The van der Waals surface area contributed by atoms with Crippen LogP contribution in [-0.2, 0) is 4.79 Å². The topological polar surface area (TPSA) is 73.6 Å². The second kappa shape index (κ2) is 7.13. The third-order valence-corrected chi connectivity index (χ3v) is 3.21. The van der Waals surface area contributed by atoms with Crippen LogP contribution in [0.1, 0.15) is 25.8 Å². The summed E-state index contributed by atoms with van der Waals surface area (Å²) in [6, 6.07) is 5.58. The molecule has 1 atom stereocenters. The molecule has 0 aromatic heterocycles. The number of amides is 1. The Labute approximate surface area is 125 Å². The van der Waals surface area contributed by atoms with Gasteiger partial charge in [0.15, 0.2) is 11.5 Å². The van der Waals surface area contributed by atoms with Gasteiger partial charge >= 0.3 is 0 Å². The molecule has 1 aliphatic rings. The maximum atomic E-state index is 11.9. The number of rotatable bonds is 6. The summed E-state index contributed by atoms with van der Waals surface area (Å²) in [6.07, 6.45) is 4.14. The average molecular weight is 290 g/mol. The Hall–Kier alpha value is -2.01. The highest BCUT2D eigenvalue weighted by molar-refractivity contribution is 5.92. The van der Waals surface area contributed by atoms with E-state index in [0.717, 1.165) is 17.7 Å². The van der Waals surface area contributed by atoms with E-state index in [9.17, 15) is 4.79 Å². The van der Waals surface area contributed by atoms with Crippen molar-refractivity contribution in [3.8, 4) is 11.5 Å². The molecular formula is C16H22N2O3. The highest BCUT2D eigenvalue weighted by Gasteiger charge is 2.13. The zero-order valence-corrected chi connectivity index (χ0v) is 12.5. The Morgan fingerprint density at radius 1 is 1.38 bits per heavy atom. The number of hydrogen-bond acceptors (Lipinski definition) is 4. The van der Waals surface area contributed by atoms with Crippen LogP contribution in [0.5, 0.6) is 11.5 Å². The van der Waals surface area contributed by atoms with E-state index in [1.54, 1.807) is 6.08 Å². The fourth-order valence-electron chi connectivity index (χ4n) is 2.22. The SMILES string of the molecule is CC(C)CC(CN)NC(=O)C=Cc1ccc2c(c1)OCO2. The summed E-state index contributed by atoms with van der Waals surface area (Å²) in [4.78, 5) is 11.9. The van der Waals surface area contributed by atoms with Crippen LogP contribution in [0.4, 0.5) is 0 Å². The van der Waals surface area contributed by atoms with Gasteiger partial charge < -0.3 is 20.5 Å². The summed E-state index contributed by atoms with van der Waals surface area (Å²) in [6.45, 7) is 4.91. The maximum Gasteiger partial charge on any atom is 0.244 e. The van der Waals surface area contributed by atoms with Crippen molar-refractivity contribution in [2.24, 2.45) is 11.7 Å². The van der Waals surface area contributed by atoms with Crippen LogP contribution < -0.4 is 20.5 Å². The van der Waals surface area contributed by atoms with E-state index in [-0.39, 0.29) is 18.7 Å². The summed E-state index contributed by atoms with van der Waals surface area (Å²) in [7, 11) is 0. The van der Waals surface area contributed by atoms with E-state index >= 15 is 0 Å². The van der Waals surface area contributed by atoms with Gasteiger partial charge in [0.05, 0.1) is 0 Å². The summed E-state index contributed by atoms with van der Waals surface area (Å²) in [5.41, 5.74) is 6.56. The standard InChI is InChI=1S/C16H22N2O3/c1-11(2)7-13(9-17)18-16(19)6-4-12-3-5-14-15(8-12)21-10-20-14/h3-6,8,11,13H,7,9-10,17H2,1-2H3,(H,18,19). The van der Waals surface area contributed by atoms with Crippen molar-refractivity contribution >= 4 is 12.0 Å². The number of hydrogen-bond donors (Lipinski definition) is 2. The van der Waals surface area contributed by atoms with Crippen molar-refractivity contribution in [1.29, 1.82) is 0 Å². The second-order valence-corrected chi connectivity index (χ2v) is 5.52. The smallest absolute Gasteiger partial charge is 0.244 e. The highest BCUT2D eigenvalue weighted by Crippen LogP contribution is 2.32. The van der Waals surface area contributed by atoms with Crippen LogP contribution in [0.2, 0.25) is 0 Å². The van der Waals surface area contributed by atoms with Gasteiger partial charge in [-0.05, 0) is 36.1 Å². The van der Waals surface area contributed by atoms with Gasteiger partial charge in [-0.1, -0.05) is 19.9 Å². The molecule has 0 bridgehead atoms. The summed E-state index contributed by atoms with van der Waals surface area (Å²) in [5.74, 6) is 1.80. The van der Waals surface area contributed by atoms with Crippen LogP contribution in [0.3, 0.4) is 0 Å². The number of nitrogens with two attached hydrogens (primary N) is 1. The minimum atomic E-state index is -0.135. The Bertz CT molecular complexity index is 526. The summed E-state index contributed by atoms with van der Waals surface area (Å²) in [5, 5.41) is 2.91. The van der Waals surface area contributed by atoms with Crippen LogP contribution in [-0.4, -0.2) is 25.3 Å². The van der Waals surface area contributed by atoms with Crippen molar-refractivity contribution in [2.45, 2.75) is 26.3 Å². The van der Waals surface area contributed by atoms with Gasteiger partial charge in [-0.25, -0.2) is 0 Å². The average Bonchev–Trinajstić information content (AvgIpc) is 2.91. The zero-order chi connectivity index (χ0) is 15.2. The Balaban J connectivity index is 1.92. The molecule has 114 valence electrons. The lowest BCUT2D eigenvalue weighted by molar-refractivity contribution is -0.117. The first-order chi connectivity index (χ1) is 10.1. The number of fused-ring (bicyclic) bond motifs is 1. The largest absolute Gasteiger partial charge is 0.454 e. The van der Waals surface area contributed by atoms with E-state index in [1.165, 1.54) is 6.08 Å². The van der Waals surface area contributed by atoms with Gasteiger partial charge in [0, 0.05) is 18.7 Å². The number of carbonyl (C=O) groups is 1. The van der Waals surface area contributed by atoms with Crippen LogP contribution in [0.15, 0.2) is 24.3 Å². The quantitative estimate of drug-likeness (QED) is 0.785. The molecule has 2 rings (SSSR count). The van der Waals surface area contributed by atoms with Crippen LogP contribution in [0, 0.1) is 5.92 Å². The molecule has 1 aliphatic heterocycles. The third-order valence-electron chi connectivity index (χ3n) is 3.21. The van der Waals surface area contributed by atoms with Gasteiger partial charge in [0.1, 0.15) is 0 Å². The van der Waals surface area contributed by atoms with E-state index in [1.807, 2.05) is 18.2 Å². The lowest BCUT2D eigenvalue weighted by Gasteiger charge is -2.17. The molecule has 1 aromatic carbocycles. The predicted molar refractivity (Wildman–Crippen MR) is 82.0 cm³/mol. The van der Waals surface area contributed by atoms with Gasteiger partial charge in [-0.15, -0.1) is 0 Å². The third kappa shape index (κ3) is 4.49. The predicted octanol–water partition coefficient (Wildman–Crippen LogP) is 1.92. The van der Waals surface area contributed by atoms with Crippen molar-refractivity contribution in [3.63, 3.8) is 0 Å². The molecule has 1 heterocycles. The number of nitrogens with one attached hydrogen (secondary N) is 1. The van der Waals surface area contributed by atoms with Gasteiger partial charge in [-0.2, -0.15) is 0 Å². The van der Waals surface area contributed by atoms with Crippen LogP contribution in [0.25, 0.3) is 6.08 Å². The monoisotopic (exact) mass is 290 g/mol. The highest BCUT2D eigenvalue weighted by atomic mass is 16.7. The van der Waals surface area contributed by atoms with Crippen molar-refractivity contribution < 1.29 is 14.3 Å². The molecule has 0 fully saturated rings. The minimum Gasteiger partial charge on any atom is -0.454 e. The van der Waals surface area contributed by atoms with E-state index in [0.29, 0.717) is 18.2 Å². The van der Waals surface area contributed by atoms with E-state index < -0.39 is 0 Å². The summed E-state index contributed by atoms with van der Waals surface area (Å²) >= 11 is 0. The molecule has 1 amide bonds. The van der Waals surface area contributed by atoms with Crippen molar-refractivity contribution in [2.75, 3.05) is 13.3 Å². The molecule has 1 unspecified atom stereocenters. The first kappa shape index (κ1) is 15.4. The summed E-state index contributed by atoms with van der Waals surface area (Å²) < 4.78 is 10.5. The molecular weight excluding hydrogens is 268 g/mol. The maximum absolute atomic E-state index is 11.9. The molecule has 0 aliphatic carbocycles. The molecule has 5 heteroatoms. The lowest BCUT2D eigenvalue weighted by atomic mass is 10.0. The fourth-order valence-corrected chi connectivity index (χ4v) is 2.22. The van der Waals surface area contributed by atoms with E-state index in [2.05, 4.69) is 19.2 Å². The number of benzene rings is 1. The number of carbonyl (C=O) groups excluding carboxylic acids is 1. The van der Waals surface area contributed by atoms with Gasteiger partial charge in [-0.3, -0.25) is 4.79 Å². The zero-order valence-electron chi connectivity index (χ0n) is 12.5. The molecule has 0 radical (unpaired) electrons. The minimum absolute atomic E-state index is 0.0129. The Kier molecular flexibility index (Phi) is 5.22. The van der Waals surface area contributed by atoms with E-state index in [4.69, 9.17) is 15.2 Å². The molecule has 0 saturated carbocycles. The molecule has 5 nitrogen and oxygen atoms in total. The van der Waals surface area contributed by atoms with Crippen molar-refractivity contribution in [3.05, 3.63) is 29.8 Å². The molecule has 3 N–H and O–H groups in total. The molecule has 1 aromatic rings. The second-order valence-electron chi connectivity index (χ2n) is 5.52.